The van der Waals surface area contributed by atoms with Crippen LogP contribution in [0.3, 0.4) is 0 Å². The standard InChI is InChI=1S/C21H26N4O3/c1-14-17(23-18(22-14)15-7-4-3-5-8-15)19(26)25-12-10-21(20(27)28)9-6-11-24(2)16(21)13-25/h3-5,7-8,16H,6,9-13H2,1-2H3,(H,22,23)(H,27,28)/t16-,21+/m1/s1. The van der Waals surface area contributed by atoms with Crippen LogP contribution in [0, 0.1) is 12.3 Å². The molecule has 2 N–H and O–H groups in total. The van der Waals surface area contributed by atoms with Gasteiger partial charge in [-0.15, -0.1) is 0 Å². The molecule has 2 aliphatic heterocycles. The van der Waals surface area contributed by atoms with Crippen LogP contribution in [0.15, 0.2) is 30.3 Å². The molecule has 0 radical (unpaired) electrons. The highest BCUT2D eigenvalue weighted by Gasteiger charge is 2.53. The van der Waals surface area contributed by atoms with Crippen molar-refractivity contribution in [3.63, 3.8) is 0 Å². The normalized spacial score (nSPS) is 25.4. The molecule has 0 saturated carbocycles. The van der Waals surface area contributed by atoms with Crippen molar-refractivity contribution >= 4 is 11.9 Å². The lowest BCUT2D eigenvalue weighted by Gasteiger charge is -2.51. The van der Waals surface area contributed by atoms with E-state index in [1.165, 1.54) is 0 Å². The third-order valence-corrected chi connectivity index (χ3v) is 6.37. The SMILES string of the molecule is Cc1[nH]c(-c2ccccc2)nc1C(=O)N1CC[C@@]2(C(=O)O)CCCN(C)[C@@H]2C1. The van der Waals surface area contributed by atoms with E-state index in [4.69, 9.17) is 0 Å². The van der Waals surface area contributed by atoms with Gasteiger partial charge in [0.05, 0.1) is 5.41 Å². The van der Waals surface area contributed by atoms with Gasteiger partial charge in [-0.1, -0.05) is 30.3 Å². The average Bonchev–Trinajstić information content (AvgIpc) is 3.09. The zero-order chi connectivity index (χ0) is 19.9. The van der Waals surface area contributed by atoms with E-state index < -0.39 is 11.4 Å². The fraction of sp³-hybridized carbons (Fsp3) is 0.476. The Kier molecular flexibility index (Phi) is 4.71. The lowest BCUT2D eigenvalue weighted by Crippen LogP contribution is -2.63. The minimum Gasteiger partial charge on any atom is -0.481 e. The van der Waals surface area contributed by atoms with Gasteiger partial charge in [0.15, 0.2) is 0 Å². The summed E-state index contributed by atoms with van der Waals surface area (Å²) in [6, 6.07) is 9.54. The highest BCUT2D eigenvalue weighted by Crippen LogP contribution is 2.42. The van der Waals surface area contributed by atoms with Crippen molar-refractivity contribution in [1.29, 1.82) is 0 Å². The van der Waals surface area contributed by atoms with Crippen molar-refractivity contribution in [2.24, 2.45) is 5.41 Å². The molecule has 0 unspecified atom stereocenters. The van der Waals surface area contributed by atoms with Crippen LogP contribution < -0.4 is 0 Å². The van der Waals surface area contributed by atoms with Crippen molar-refractivity contribution < 1.29 is 14.7 Å². The molecule has 7 nitrogen and oxygen atoms in total. The van der Waals surface area contributed by atoms with Crippen LogP contribution in [-0.2, 0) is 4.79 Å². The summed E-state index contributed by atoms with van der Waals surface area (Å²) in [4.78, 5) is 36.9. The number of piperidine rings is 2. The number of nitrogens with zero attached hydrogens (tertiary/aromatic N) is 3. The number of H-pyrrole nitrogens is 1. The van der Waals surface area contributed by atoms with E-state index >= 15 is 0 Å². The first-order valence-electron chi connectivity index (χ1n) is 9.77. The Morgan fingerprint density at radius 3 is 2.68 bits per heavy atom. The summed E-state index contributed by atoms with van der Waals surface area (Å²) in [5.74, 6) is -0.194. The molecule has 28 heavy (non-hydrogen) atoms. The first-order chi connectivity index (χ1) is 13.4. The maximum Gasteiger partial charge on any atom is 0.311 e. The summed E-state index contributed by atoms with van der Waals surface area (Å²) in [5.41, 5.74) is 1.33. The Hall–Kier alpha value is -2.67. The van der Waals surface area contributed by atoms with Gasteiger partial charge in [0.1, 0.15) is 11.5 Å². The van der Waals surface area contributed by atoms with Gasteiger partial charge in [0.25, 0.3) is 5.91 Å². The summed E-state index contributed by atoms with van der Waals surface area (Å²) in [6.45, 7) is 3.59. The largest absolute Gasteiger partial charge is 0.481 e. The second-order valence-electron chi connectivity index (χ2n) is 7.99. The number of hydrogen-bond donors (Lipinski definition) is 2. The minimum absolute atomic E-state index is 0.131. The number of rotatable bonds is 3. The number of likely N-dealkylation sites (N-methyl/N-ethyl adjacent to an activating group) is 1. The molecule has 0 spiro atoms. The molecule has 2 atom stereocenters. The van der Waals surface area contributed by atoms with Crippen LogP contribution in [0.1, 0.15) is 35.4 Å². The Morgan fingerprint density at radius 2 is 1.96 bits per heavy atom. The predicted octanol–water partition coefficient (Wildman–Crippen LogP) is 2.40. The number of hydrogen-bond acceptors (Lipinski definition) is 4. The number of carboxylic acids is 1. The summed E-state index contributed by atoms with van der Waals surface area (Å²) >= 11 is 0. The number of carbonyl (C=O) groups is 2. The Bertz CT molecular complexity index is 894. The number of likely N-dealkylation sites (tertiary alicyclic amines) is 2. The van der Waals surface area contributed by atoms with E-state index in [1.807, 2.05) is 44.3 Å². The second-order valence-corrected chi connectivity index (χ2v) is 7.99. The number of imidazole rings is 1. The quantitative estimate of drug-likeness (QED) is 0.851. The number of aliphatic carboxylic acids is 1. The number of carbonyl (C=O) groups excluding carboxylic acids is 1. The van der Waals surface area contributed by atoms with E-state index in [1.54, 1.807) is 4.90 Å². The van der Waals surface area contributed by atoms with Gasteiger partial charge in [-0.3, -0.25) is 9.59 Å². The molecule has 1 aromatic heterocycles. The molecular formula is C21H26N4O3. The molecule has 2 fully saturated rings. The fourth-order valence-corrected chi connectivity index (χ4v) is 4.72. The first kappa shape index (κ1) is 18.7. The Morgan fingerprint density at radius 1 is 1.21 bits per heavy atom. The van der Waals surface area contributed by atoms with Crippen LogP contribution >= 0.6 is 0 Å². The predicted molar refractivity (Wildman–Crippen MR) is 105 cm³/mol. The molecule has 7 heteroatoms. The molecule has 3 heterocycles. The fourth-order valence-electron chi connectivity index (χ4n) is 4.72. The van der Waals surface area contributed by atoms with Gasteiger partial charge < -0.3 is 19.9 Å². The molecule has 0 aliphatic carbocycles. The minimum atomic E-state index is -0.750. The Labute approximate surface area is 164 Å². The highest BCUT2D eigenvalue weighted by atomic mass is 16.4. The van der Waals surface area contributed by atoms with E-state index in [0.717, 1.165) is 24.2 Å². The van der Waals surface area contributed by atoms with Crippen LogP contribution in [0.4, 0.5) is 0 Å². The summed E-state index contributed by atoms with van der Waals surface area (Å²) in [7, 11) is 1.96. The molecule has 0 bridgehead atoms. The molecule has 1 amide bonds. The second kappa shape index (κ2) is 7.05. The maximum absolute atomic E-state index is 13.2. The van der Waals surface area contributed by atoms with Gasteiger partial charge in [-0.05, 0) is 39.8 Å². The van der Waals surface area contributed by atoms with Gasteiger partial charge in [0.2, 0.25) is 0 Å². The summed E-state index contributed by atoms with van der Waals surface area (Å²) in [5, 5.41) is 9.91. The lowest BCUT2D eigenvalue weighted by molar-refractivity contribution is -0.161. The van der Waals surface area contributed by atoms with Gasteiger partial charge in [0, 0.05) is 30.4 Å². The third-order valence-electron chi connectivity index (χ3n) is 6.37. The van der Waals surface area contributed by atoms with Crippen molar-refractivity contribution in [2.75, 3.05) is 26.7 Å². The smallest absolute Gasteiger partial charge is 0.311 e. The van der Waals surface area contributed by atoms with Crippen molar-refractivity contribution in [3.8, 4) is 11.4 Å². The number of carboxylic acid groups (broad SMARTS) is 1. The molecule has 4 rings (SSSR count). The highest BCUT2D eigenvalue weighted by molar-refractivity contribution is 5.94. The maximum atomic E-state index is 13.2. The molecule has 148 valence electrons. The van der Waals surface area contributed by atoms with Crippen LogP contribution in [-0.4, -0.2) is 69.5 Å². The van der Waals surface area contributed by atoms with E-state index in [-0.39, 0.29) is 11.9 Å². The van der Waals surface area contributed by atoms with Gasteiger partial charge in [-0.25, -0.2) is 4.98 Å². The van der Waals surface area contributed by atoms with Crippen molar-refractivity contribution in [2.45, 2.75) is 32.2 Å². The van der Waals surface area contributed by atoms with Gasteiger partial charge in [-0.2, -0.15) is 0 Å². The number of aromatic nitrogens is 2. The van der Waals surface area contributed by atoms with Crippen molar-refractivity contribution in [1.82, 2.24) is 19.8 Å². The molecule has 2 aromatic rings. The van der Waals surface area contributed by atoms with Crippen LogP contribution in [0.5, 0.6) is 0 Å². The first-order valence-corrected chi connectivity index (χ1v) is 9.77. The van der Waals surface area contributed by atoms with Crippen LogP contribution in [0.25, 0.3) is 11.4 Å². The number of fused-ring (bicyclic) bond motifs is 1. The zero-order valence-corrected chi connectivity index (χ0v) is 16.3. The third kappa shape index (κ3) is 2.99. The summed E-state index contributed by atoms with van der Waals surface area (Å²) < 4.78 is 0. The molecule has 2 saturated heterocycles. The molecular weight excluding hydrogens is 356 g/mol. The average molecular weight is 382 g/mol. The van der Waals surface area contributed by atoms with Gasteiger partial charge >= 0.3 is 5.97 Å². The topological polar surface area (TPSA) is 89.5 Å². The zero-order valence-electron chi connectivity index (χ0n) is 16.3. The molecule has 2 aliphatic rings. The number of aryl methyl sites for hydroxylation is 1. The van der Waals surface area contributed by atoms with Crippen LogP contribution in [0.2, 0.25) is 0 Å². The van der Waals surface area contributed by atoms with E-state index in [2.05, 4.69) is 14.9 Å². The lowest BCUT2D eigenvalue weighted by atomic mass is 9.68. The monoisotopic (exact) mass is 382 g/mol. The van der Waals surface area contributed by atoms with E-state index in [9.17, 15) is 14.7 Å². The number of aromatic amines is 1. The Balaban J connectivity index is 1.58. The van der Waals surface area contributed by atoms with Crippen molar-refractivity contribution in [3.05, 3.63) is 41.7 Å². The number of amides is 1. The number of benzene rings is 1. The molecule has 1 aromatic carbocycles. The number of nitrogens with one attached hydrogen (secondary N) is 1. The van der Waals surface area contributed by atoms with E-state index in [0.29, 0.717) is 37.4 Å². The summed E-state index contributed by atoms with van der Waals surface area (Å²) in [6.07, 6.45) is 2.04.